The van der Waals surface area contributed by atoms with Crippen LogP contribution in [0.15, 0.2) is 138 Å². The van der Waals surface area contributed by atoms with Crippen molar-refractivity contribution in [1.29, 1.82) is 0 Å². The lowest BCUT2D eigenvalue weighted by Crippen LogP contribution is -2.30. The predicted octanol–water partition coefficient (Wildman–Crippen LogP) is 8.88. The Morgan fingerprint density at radius 3 is 2.19 bits per heavy atom. The number of hydrogen-bond acceptors (Lipinski definition) is 5. The van der Waals surface area contributed by atoms with Crippen LogP contribution in [0, 0.1) is 0 Å². The minimum absolute atomic E-state index is 0.0165. The zero-order chi connectivity index (χ0) is 33.2. The quantitative estimate of drug-likeness (QED) is 0.0956. The van der Waals surface area contributed by atoms with Crippen molar-refractivity contribution in [2.45, 2.75) is 10.1 Å². The lowest BCUT2D eigenvalue weighted by Gasteiger charge is -2.18. The van der Waals surface area contributed by atoms with E-state index in [1.165, 1.54) is 18.9 Å². The van der Waals surface area contributed by atoms with Gasteiger partial charge < -0.3 is 20.7 Å². The van der Waals surface area contributed by atoms with Crippen LogP contribution >= 0.6 is 35.0 Å². The summed E-state index contributed by atoms with van der Waals surface area (Å²) in [6.07, 6.45) is 1.56. The molecule has 5 aromatic rings. The molecule has 0 bridgehead atoms. The number of ether oxygens (including phenoxy) is 1. The van der Waals surface area contributed by atoms with Gasteiger partial charge in [-0.25, -0.2) is 0 Å². The summed E-state index contributed by atoms with van der Waals surface area (Å²) in [5, 5.41) is 8.66. The van der Waals surface area contributed by atoms with Crippen molar-refractivity contribution in [1.82, 2.24) is 5.32 Å². The molecule has 0 heterocycles. The fourth-order valence-electron chi connectivity index (χ4n) is 4.56. The van der Waals surface area contributed by atoms with Crippen molar-refractivity contribution in [2.75, 3.05) is 17.7 Å². The minimum Gasteiger partial charge on any atom is -0.496 e. The van der Waals surface area contributed by atoms with Gasteiger partial charge in [-0.15, -0.1) is 11.8 Å². The first kappa shape index (κ1) is 33.3. The number of hydrogen-bond donors (Lipinski definition) is 3. The molecule has 10 heteroatoms. The number of nitrogens with one attached hydrogen (secondary N) is 3. The van der Waals surface area contributed by atoms with E-state index < -0.39 is 17.1 Å². The molecule has 47 heavy (non-hydrogen) atoms. The molecule has 7 nitrogen and oxygen atoms in total. The Kier molecular flexibility index (Phi) is 11.4. The first-order chi connectivity index (χ1) is 22.8. The molecule has 0 fully saturated rings. The minimum atomic E-state index is -0.653. The Morgan fingerprint density at radius 2 is 1.47 bits per heavy atom. The third kappa shape index (κ3) is 9.04. The van der Waals surface area contributed by atoms with Crippen LogP contribution in [0.5, 0.6) is 5.75 Å². The van der Waals surface area contributed by atoms with Crippen LogP contribution in [0.3, 0.4) is 0 Å². The van der Waals surface area contributed by atoms with Gasteiger partial charge in [-0.1, -0.05) is 96.0 Å². The topological polar surface area (TPSA) is 96.5 Å². The lowest BCUT2D eigenvalue weighted by atomic mass is 10.1. The molecular weight excluding hydrogens is 653 g/mol. The summed E-state index contributed by atoms with van der Waals surface area (Å²) in [6, 6.07) is 37.1. The third-order valence-electron chi connectivity index (χ3n) is 6.84. The summed E-state index contributed by atoms with van der Waals surface area (Å²) in [7, 11) is 1.53. The van der Waals surface area contributed by atoms with Gasteiger partial charge in [0.25, 0.3) is 11.8 Å². The van der Waals surface area contributed by atoms with Gasteiger partial charge in [-0.05, 0) is 66.2 Å². The molecule has 0 saturated carbocycles. The summed E-state index contributed by atoms with van der Waals surface area (Å²) in [4.78, 5) is 41.1. The highest BCUT2D eigenvalue weighted by atomic mass is 35.5. The summed E-state index contributed by atoms with van der Waals surface area (Å²) in [5.41, 5.74) is 2.71. The third-order valence-corrected chi connectivity index (χ3v) is 8.64. The number of halogens is 2. The molecule has 0 aliphatic carbocycles. The molecule has 5 rings (SSSR count). The first-order valence-corrected chi connectivity index (χ1v) is 16.0. The molecule has 1 atom stereocenters. The van der Waals surface area contributed by atoms with E-state index in [4.69, 9.17) is 27.9 Å². The highest BCUT2D eigenvalue weighted by Gasteiger charge is 2.23. The second-order valence-electron chi connectivity index (χ2n) is 10.1. The maximum atomic E-state index is 13.7. The molecule has 0 aliphatic heterocycles. The number of carbonyl (C=O) groups excluding carboxylic acids is 3. The number of thioether (sulfide) groups is 1. The molecule has 0 spiro atoms. The number of methoxy groups -OCH3 is 1. The van der Waals surface area contributed by atoms with Crippen molar-refractivity contribution in [3.63, 3.8) is 0 Å². The van der Waals surface area contributed by atoms with Crippen LogP contribution in [-0.4, -0.2) is 24.8 Å². The molecule has 3 N–H and O–H groups in total. The second kappa shape index (κ2) is 16.0. The molecule has 236 valence electrons. The van der Waals surface area contributed by atoms with Crippen LogP contribution < -0.4 is 20.7 Å². The van der Waals surface area contributed by atoms with E-state index >= 15 is 0 Å². The fraction of sp³-hybridized carbons (Fsp3) is 0.0541. The van der Waals surface area contributed by atoms with Gasteiger partial charge in [-0.3, -0.25) is 14.4 Å². The number of carbonyl (C=O) groups is 3. The van der Waals surface area contributed by atoms with Gasteiger partial charge in [0.2, 0.25) is 5.91 Å². The van der Waals surface area contributed by atoms with E-state index in [1.54, 1.807) is 84.9 Å². The maximum absolute atomic E-state index is 13.7. The number of para-hydroxylation sites is 1. The van der Waals surface area contributed by atoms with Crippen molar-refractivity contribution in [3.8, 4) is 5.75 Å². The number of anilines is 2. The average Bonchev–Trinajstić information content (AvgIpc) is 3.09. The van der Waals surface area contributed by atoms with Crippen LogP contribution in [0.2, 0.25) is 10.0 Å². The van der Waals surface area contributed by atoms with Crippen molar-refractivity contribution < 1.29 is 19.1 Å². The van der Waals surface area contributed by atoms with E-state index in [9.17, 15) is 14.4 Å². The van der Waals surface area contributed by atoms with Gasteiger partial charge in [-0.2, -0.15) is 0 Å². The Hall–Kier alpha value is -5.02. The molecule has 0 aliphatic rings. The molecule has 1 unspecified atom stereocenters. The standard InChI is InChI=1S/C37H29Cl2N3O4S/c1-46-33-18-9-8-15-26(33)21-32(42-35(43)25-13-6-3-7-14-25)36(44)40-28-16-10-17-29(23-28)47-34(24-11-4-2-5-12-24)37(45)41-31-20-19-27(38)22-30(31)39/h2-23,34H,1H3,(H,40,44)(H,41,45)(H,42,43)/b32-21+. The Bertz CT molecular complexity index is 1920. The second-order valence-corrected chi connectivity index (χ2v) is 12.1. The Balaban J connectivity index is 1.39. The van der Waals surface area contributed by atoms with Crippen LogP contribution in [0.1, 0.15) is 26.7 Å². The largest absolute Gasteiger partial charge is 0.496 e. The number of benzene rings is 5. The van der Waals surface area contributed by atoms with Crippen LogP contribution in [-0.2, 0) is 9.59 Å². The summed E-state index contributed by atoms with van der Waals surface area (Å²) < 4.78 is 5.45. The van der Waals surface area contributed by atoms with Crippen molar-refractivity contribution >= 4 is 70.1 Å². The molecular formula is C37H29Cl2N3O4S. The lowest BCUT2D eigenvalue weighted by molar-refractivity contribution is -0.116. The van der Waals surface area contributed by atoms with E-state index in [1.807, 2.05) is 48.5 Å². The first-order valence-electron chi connectivity index (χ1n) is 14.4. The van der Waals surface area contributed by atoms with Crippen molar-refractivity contribution in [3.05, 3.63) is 160 Å². The number of amides is 3. The van der Waals surface area contributed by atoms with Gasteiger partial charge in [0.1, 0.15) is 16.7 Å². The predicted molar refractivity (Wildman–Crippen MR) is 190 cm³/mol. The monoisotopic (exact) mass is 681 g/mol. The fourth-order valence-corrected chi connectivity index (χ4v) is 6.09. The highest BCUT2D eigenvalue weighted by Crippen LogP contribution is 2.38. The Morgan fingerprint density at radius 1 is 0.766 bits per heavy atom. The van der Waals surface area contributed by atoms with E-state index in [2.05, 4.69) is 16.0 Å². The summed E-state index contributed by atoms with van der Waals surface area (Å²) >= 11 is 13.7. The van der Waals surface area contributed by atoms with Gasteiger partial charge in [0.05, 0.1) is 17.8 Å². The van der Waals surface area contributed by atoms with Gasteiger partial charge >= 0.3 is 0 Å². The molecule has 0 radical (unpaired) electrons. The van der Waals surface area contributed by atoms with Crippen molar-refractivity contribution in [2.24, 2.45) is 0 Å². The number of rotatable bonds is 11. The zero-order valence-corrected chi connectivity index (χ0v) is 27.4. The van der Waals surface area contributed by atoms with Gasteiger partial charge in [0.15, 0.2) is 0 Å². The SMILES string of the molecule is COc1ccccc1/C=C(/NC(=O)c1ccccc1)C(=O)Nc1cccc(SC(C(=O)Nc2ccc(Cl)cc2Cl)c2ccccc2)c1. The van der Waals surface area contributed by atoms with Crippen LogP contribution in [0.4, 0.5) is 11.4 Å². The highest BCUT2D eigenvalue weighted by molar-refractivity contribution is 8.00. The van der Waals surface area contributed by atoms with Crippen LogP contribution in [0.25, 0.3) is 6.08 Å². The zero-order valence-electron chi connectivity index (χ0n) is 25.1. The normalized spacial score (nSPS) is 11.7. The molecule has 0 aromatic heterocycles. The average molecular weight is 683 g/mol. The molecule has 3 amide bonds. The molecule has 5 aromatic carbocycles. The summed E-state index contributed by atoms with van der Waals surface area (Å²) in [6.45, 7) is 0. The molecule has 0 saturated heterocycles. The summed E-state index contributed by atoms with van der Waals surface area (Å²) in [5.74, 6) is -0.735. The van der Waals surface area contributed by atoms with E-state index in [0.717, 1.165) is 10.5 Å². The Labute approximate surface area is 287 Å². The smallest absolute Gasteiger partial charge is 0.272 e. The van der Waals surface area contributed by atoms with E-state index in [0.29, 0.717) is 38.3 Å². The van der Waals surface area contributed by atoms with E-state index in [-0.39, 0.29) is 11.6 Å². The maximum Gasteiger partial charge on any atom is 0.272 e. The van der Waals surface area contributed by atoms with Gasteiger partial charge in [0, 0.05) is 26.7 Å².